The molecule has 3 rings (SSSR count). The maximum Gasteiger partial charge on any atom is 0.245 e. The summed E-state index contributed by atoms with van der Waals surface area (Å²) in [5, 5.41) is 0. The van der Waals surface area contributed by atoms with E-state index in [4.69, 9.17) is 0 Å². The molecule has 4 nitrogen and oxygen atoms in total. The average Bonchev–Trinajstić information content (AvgIpc) is 2.67. The van der Waals surface area contributed by atoms with Gasteiger partial charge in [0.25, 0.3) is 0 Å². The third-order valence-corrected chi connectivity index (χ3v) is 6.02. The van der Waals surface area contributed by atoms with E-state index in [1.54, 1.807) is 4.90 Å². The third-order valence-electron chi connectivity index (χ3n) is 5.53. The zero-order valence-corrected chi connectivity index (χ0v) is 16.8. The SMILES string of the molecule is C=CC(=O)N1CCCC(C(=O)N2CCCCC2Cc2cccc(Br)c2)C1. The van der Waals surface area contributed by atoms with Crippen molar-refractivity contribution in [3.63, 3.8) is 0 Å². The van der Waals surface area contributed by atoms with E-state index in [9.17, 15) is 9.59 Å². The molecule has 2 fully saturated rings. The molecule has 0 N–H and O–H groups in total. The highest BCUT2D eigenvalue weighted by molar-refractivity contribution is 9.10. The van der Waals surface area contributed by atoms with Gasteiger partial charge in [0.15, 0.2) is 0 Å². The molecule has 2 atom stereocenters. The van der Waals surface area contributed by atoms with Gasteiger partial charge in [-0.1, -0.05) is 34.6 Å². The van der Waals surface area contributed by atoms with Crippen LogP contribution in [0.3, 0.4) is 0 Å². The Bertz CT molecular complexity index is 676. The number of halogens is 1. The molecule has 1 aromatic carbocycles. The van der Waals surface area contributed by atoms with Crippen molar-refractivity contribution in [2.45, 2.75) is 44.6 Å². The molecule has 5 heteroatoms. The van der Waals surface area contributed by atoms with Crippen molar-refractivity contribution in [2.24, 2.45) is 5.92 Å². The highest BCUT2D eigenvalue weighted by Crippen LogP contribution is 2.27. The number of benzene rings is 1. The van der Waals surface area contributed by atoms with Crippen LogP contribution in [-0.4, -0.2) is 47.3 Å². The van der Waals surface area contributed by atoms with Crippen molar-refractivity contribution in [2.75, 3.05) is 19.6 Å². The molecule has 2 unspecified atom stereocenters. The van der Waals surface area contributed by atoms with E-state index in [0.29, 0.717) is 6.54 Å². The van der Waals surface area contributed by atoms with Crippen molar-refractivity contribution in [1.82, 2.24) is 9.80 Å². The molecule has 2 saturated heterocycles. The van der Waals surface area contributed by atoms with Crippen LogP contribution in [0.25, 0.3) is 0 Å². The zero-order chi connectivity index (χ0) is 18.5. The lowest BCUT2D eigenvalue weighted by Crippen LogP contribution is -2.51. The first kappa shape index (κ1) is 19.2. The maximum atomic E-state index is 13.2. The molecule has 0 saturated carbocycles. The van der Waals surface area contributed by atoms with Crippen LogP contribution in [0, 0.1) is 5.92 Å². The zero-order valence-electron chi connectivity index (χ0n) is 15.2. The van der Waals surface area contributed by atoms with Crippen LogP contribution < -0.4 is 0 Å². The molecule has 1 aromatic rings. The number of nitrogens with zero attached hydrogens (tertiary/aromatic N) is 2. The minimum absolute atomic E-state index is 0.0631. The number of rotatable bonds is 4. The fraction of sp³-hybridized carbons (Fsp3) is 0.524. The summed E-state index contributed by atoms with van der Waals surface area (Å²) < 4.78 is 1.08. The first-order valence-electron chi connectivity index (χ1n) is 9.54. The van der Waals surface area contributed by atoms with E-state index in [0.717, 1.165) is 49.7 Å². The second kappa shape index (κ2) is 8.85. The Morgan fingerprint density at radius 3 is 2.81 bits per heavy atom. The van der Waals surface area contributed by atoms with Gasteiger partial charge in [-0.05, 0) is 62.3 Å². The average molecular weight is 419 g/mol. The fourth-order valence-electron chi connectivity index (χ4n) is 4.18. The van der Waals surface area contributed by atoms with Gasteiger partial charge in [-0.2, -0.15) is 0 Å². The molecule has 0 aliphatic carbocycles. The molecular weight excluding hydrogens is 392 g/mol. The predicted octanol–water partition coefficient (Wildman–Crippen LogP) is 3.80. The van der Waals surface area contributed by atoms with Crippen LogP contribution >= 0.6 is 15.9 Å². The number of likely N-dealkylation sites (tertiary alicyclic amines) is 2. The Kier molecular flexibility index (Phi) is 6.52. The van der Waals surface area contributed by atoms with Crippen LogP contribution in [0.1, 0.15) is 37.7 Å². The Morgan fingerprint density at radius 2 is 2.04 bits per heavy atom. The summed E-state index contributed by atoms with van der Waals surface area (Å²) in [6, 6.07) is 8.61. The lowest BCUT2D eigenvalue weighted by atomic mass is 9.91. The Labute approximate surface area is 164 Å². The maximum absolute atomic E-state index is 13.2. The number of carbonyl (C=O) groups excluding carboxylic acids is 2. The van der Waals surface area contributed by atoms with Crippen LogP contribution in [0.4, 0.5) is 0 Å². The Morgan fingerprint density at radius 1 is 1.19 bits per heavy atom. The van der Waals surface area contributed by atoms with Crippen molar-refractivity contribution < 1.29 is 9.59 Å². The highest BCUT2D eigenvalue weighted by Gasteiger charge is 2.34. The van der Waals surface area contributed by atoms with Gasteiger partial charge in [0.1, 0.15) is 0 Å². The monoisotopic (exact) mass is 418 g/mol. The second-order valence-electron chi connectivity index (χ2n) is 7.34. The van der Waals surface area contributed by atoms with Gasteiger partial charge >= 0.3 is 0 Å². The molecule has 2 amide bonds. The van der Waals surface area contributed by atoms with Crippen LogP contribution in [0.2, 0.25) is 0 Å². The fourth-order valence-corrected chi connectivity index (χ4v) is 4.63. The smallest absolute Gasteiger partial charge is 0.245 e. The van der Waals surface area contributed by atoms with Crippen LogP contribution in [0.5, 0.6) is 0 Å². The first-order valence-corrected chi connectivity index (χ1v) is 10.3. The van der Waals surface area contributed by atoms with E-state index in [2.05, 4.69) is 39.5 Å². The van der Waals surface area contributed by atoms with Crippen LogP contribution in [-0.2, 0) is 16.0 Å². The molecule has 0 spiro atoms. The van der Waals surface area contributed by atoms with Gasteiger partial charge in [0.05, 0.1) is 5.92 Å². The van der Waals surface area contributed by atoms with Gasteiger partial charge in [-0.15, -0.1) is 0 Å². The van der Waals surface area contributed by atoms with Gasteiger partial charge in [0.2, 0.25) is 11.8 Å². The number of carbonyl (C=O) groups is 2. The normalized spacial score (nSPS) is 23.6. The summed E-state index contributed by atoms with van der Waals surface area (Å²) in [6.45, 7) is 5.67. The van der Waals surface area contributed by atoms with Gasteiger partial charge in [0, 0.05) is 30.1 Å². The summed E-state index contributed by atoms with van der Waals surface area (Å²) in [5.74, 6) is 0.0915. The molecule has 2 aliphatic heterocycles. The standard InChI is InChI=1S/C21H27BrN2O2/c1-2-20(25)23-11-6-8-17(15-23)21(26)24-12-4-3-10-19(24)14-16-7-5-9-18(22)13-16/h2,5,7,9,13,17,19H,1,3-4,6,8,10-12,14-15H2. The van der Waals surface area contributed by atoms with Crippen molar-refractivity contribution in [3.8, 4) is 0 Å². The molecule has 0 aromatic heterocycles. The second-order valence-corrected chi connectivity index (χ2v) is 8.26. The van der Waals surface area contributed by atoms with Gasteiger partial charge in [-0.3, -0.25) is 9.59 Å². The third kappa shape index (κ3) is 4.56. The number of hydrogen-bond donors (Lipinski definition) is 0. The van der Waals surface area contributed by atoms with Gasteiger partial charge < -0.3 is 9.80 Å². The summed E-state index contributed by atoms with van der Waals surface area (Å²) in [6.07, 6.45) is 7.31. The lowest BCUT2D eigenvalue weighted by molar-refractivity contribution is -0.142. The van der Waals surface area contributed by atoms with E-state index < -0.39 is 0 Å². The van der Waals surface area contributed by atoms with E-state index in [1.807, 2.05) is 12.1 Å². The van der Waals surface area contributed by atoms with Crippen molar-refractivity contribution in [1.29, 1.82) is 0 Å². The Balaban J connectivity index is 1.69. The molecule has 2 heterocycles. The number of hydrogen-bond acceptors (Lipinski definition) is 2. The molecule has 0 bridgehead atoms. The molecule has 2 aliphatic rings. The molecular formula is C21H27BrN2O2. The van der Waals surface area contributed by atoms with Crippen molar-refractivity contribution in [3.05, 3.63) is 47.0 Å². The summed E-state index contributed by atoms with van der Waals surface area (Å²) in [7, 11) is 0. The molecule has 0 radical (unpaired) electrons. The quantitative estimate of drug-likeness (QED) is 0.697. The summed E-state index contributed by atoms with van der Waals surface area (Å²) in [4.78, 5) is 29.0. The largest absolute Gasteiger partial charge is 0.339 e. The minimum atomic E-state index is -0.0734. The van der Waals surface area contributed by atoms with E-state index in [-0.39, 0.29) is 23.8 Å². The lowest BCUT2D eigenvalue weighted by Gasteiger charge is -2.40. The van der Waals surface area contributed by atoms with Crippen molar-refractivity contribution >= 4 is 27.7 Å². The van der Waals surface area contributed by atoms with E-state index >= 15 is 0 Å². The highest BCUT2D eigenvalue weighted by atomic mass is 79.9. The van der Waals surface area contributed by atoms with Gasteiger partial charge in [-0.25, -0.2) is 0 Å². The number of piperidine rings is 2. The minimum Gasteiger partial charge on any atom is -0.339 e. The van der Waals surface area contributed by atoms with Crippen LogP contribution in [0.15, 0.2) is 41.4 Å². The first-order chi connectivity index (χ1) is 12.6. The Hall–Kier alpha value is -1.62. The number of amides is 2. The molecule has 26 heavy (non-hydrogen) atoms. The predicted molar refractivity (Wildman–Crippen MR) is 107 cm³/mol. The summed E-state index contributed by atoms with van der Waals surface area (Å²) >= 11 is 3.53. The molecule has 140 valence electrons. The van der Waals surface area contributed by atoms with E-state index in [1.165, 1.54) is 18.1 Å². The topological polar surface area (TPSA) is 40.6 Å². The summed E-state index contributed by atoms with van der Waals surface area (Å²) in [5.41, 5.74) is 1.26.